The minimum atomic E-state index is -0.168. The van der Waals surface area contributed by atoms with Gasteiger partial charge in [0.05, 0.1) is 12.2 Å². The first kappa shape index (κ1) is 23.8. The van der Waals surface area contributed by atoms with Gasteiger partial charge in [0.15, 0.2) is 0 Å². The summed E-state index contributed by atoms with van der Waals surface area (Å²) in [6.07, 6.45) is 11.9. The number of allylic oxidation sites excluding steroid dienone is 2. The predicted molar refractivity (Wildman–Crippen MR) is 130 cm³/mol. The minimum Gasteiger partial charge on any atom is -0.393 e. The van der Waals surface area contributed by atoms with Crippen LogP contribution in [0.2, 0.25) is 0 Å². The highest BCUT2D eigenvalue weighted by atomic mass is 16.3. The van der Waals surface area contributed by atoms with E-state index >= 15 is 0 Å². The molecule has 0 aliphatic heterocycles. The lowest BCUT2D eigenvalue weighted by atomic mass is 9.46. The summed E-state index contributed by atoms with van der Waals surface area (Å²) in [5.74, 6) is 4.77. The maximum atomic E-state index is 11.1. The van der Waals surface area contributed by atoms with Crippen molar-refractivity contribution in [1.29, 1.82) is 0 Å². The Balaban J connectivity index is 1.54. The molecule has 0 amide bonds. The van der Waals surface area contributed by atoms with Crippen molar-refractivity contribution in [2.45, 2.75) is 112 Å². The SMILES string of the molecule is CC(C)[C@H](C)C[C@H](O)[C@@H](C)[C@H]1CC[C@H]2C3=CC[C@H]4[C@H](C)[C@@H](O)CC[C@]4(C)[C@H]3CC[C@]12C. The third-order valence-electron chi connectivity index (χ3n) is 11.6. The lowest BCUT2D eigenvalue weighted by Crippen LogP contribution is -2.52. The van der Waals surface area contributed by atoms with Gasteiger partial charge < -0.3 is 10.2 Å². The molecule has 0 unspecified atom stereocenters. The van der Waals surface area contributed by atoms with Crippen LogP contribution in [0.4, 0.5) is 0 Å². The van der Waals surface area contributed by atoms with Crippen LogP contribution in [0.3, 0.4) is 0 Å². The van der Waals surface area contributed by atoms with Gasteiger partial charge in [0.2, 0.25) is 0 Å². The molecule has 0 aromatic carbocycles. The summed E-state index contributed by atoms with van der Waals surface area (Å²) in [5.41, 5.74) is 2.52. The normalized spacial score (nSPS) is 47.7. The third kappa shape index (κ3) is 3.76. The molecule has 0 radical (unpaired) electrons. The van der Waals surface area contributed by atoms with E-state index in [-0.39, 0.29) is 12.2 Å². The Kier molecular flexibility index (Phi) is 6.50. The first-order valence-corrected chi connectivity index (χ1v) is 13.6. The van der Waals surface area contributed by atoms with Crippen LogP contribution in [-0.4, -0.2) is 22.4 Å². The maximum absolute atomic E-state index is 11.1. The van der Waals surface area contributed by atoms with Crippen molar-refractivity contribution in [3.63, 3.8) is 0 Å². The molecular formula is C29H50O2. The number of hydrogen-bond donors (Lipinski definition) is 2. The summed E-state index contributed by atoms with van der Waals surface area (Å²) < 4.78 is 0. The van der Waals surface area contributed by atoms with Gasteiger partial charge in [-0.3, -0.25) is 0 Å². The smallest absolute Gasteiger partial charge is 0.0571 e. The molecule has 0 spiro atoms. The first-order chi connectivity index (χ1) is 14.5. The van der Waals surface area contributed by atoms with Gasteiger partial charge in [-0.05, 0) is 110 Å². The fourth-order valence-electron chi connectivity index (χ4n) is 8.99. The topological polar surface area (TPSA) is 40.5 Å². The molecule has 0 bridgehead atoms. The average molecular weight is 431 g/mol. The molecular weight excluding hydrogens is 380 g/mol. The van der Waals surface area contributed by atoms with E-state index in [9.17, 15) is 10.2 Å². The van der Waals surface area contributed by atoms with Crippen molar-refractivity contribution in [1.82, 2.24) is 0 Å². The molecule has 4 aliphatic rings. The molecule has 178 valence electrons. The Bertz CT molecular complexity index is 682. The second-order valence-corrected chi connectivity index (χ2v) is 13.2. The van der Waals surface area contributed by atoms with Crippen molar-refractivity contribution in [3.8, 4) is 0 Å². The summed E-state index contributed by atoms with van der Waals surface area (Å²) in [6.45, 7) is 16.6. The predicted octanol–water partition coefficient (Wildman–Crippen LogP) is 6.85. The third-order valence-corrected chi connectivity index (χ3v) is 11.6. The molecule has 31 heavy (non-hydrogen) atoms. The van der Waals surface area contributed by atoms with Gasteiger partial charge in [-0.25, -0.2) is 0 Å². The number of aliphatic hydroxyl groups excluding tert-OH is 2. The molecule has 0 heterocycles. The van der Waals surface area contributed by atoms with E-state index in [0.717, 1.165) is 18.8 Å². The maximum Gasteiger partial charge on any atom is 0.0571 e. The molecule has 0 saturated heterocycles. The zero-order valence-electron chi connectivity index (χ0n) is 21.4. The highest BCUT2D eigenvalue weighted by Gasteiger charge is 2.59. The monoisotopic (exact) mass is 430 g/mol. The van der Waals surface area contributed by atoms with Crippen LogP contribution in [0.5, 0.6) is 0 Å². The van der Waals surface area contributed by atoms with E-state index < -0.39 is 0 Å². The number of aliphatic hydroxyl groups is 2. The Labute approximate surface area is 192 Å². The largest absolute Gasteiger partial charge is 0.393 e. The van der Waals surface area contributed by atoms with Crippen molar-refractivity contribution in [2.24, 2.45) is 58.2 Å². The van der Waals surface area contributed by atoms with Crippen LogP contribution in [-0.2, 0) is 0 Å². The lowest BCUT2D eigenvalue weighted by Gasteiger charge is -2.59. The van der Waals surface area contributed by atoms with Gasteiger partial charge >= 0.3 is 0 Å². The van der Waals surface area contributed by atoms with Crippen LogP contribution < -0.4 is 0 Å². The number of rotatable bonds is 5. The molecule has 0 aromatic heterocycles. The standard InChI is InChI=1S/C29H50O2/c1-17(2)18(3)16-27(31)20(5)23-10-11-24-21-8-9-22-19(4)26(30)13-15-29(22,7)25(21)12-14-28(23,24)6/h8,17-20,22-27,30-31H,9-16H2,1-7H3/t18-,19+,20+,22+,23-,24+,25+,26+,27+,28-,29+/m1/s1. The van der Waals surface area contributed by atoms with Gasteiger partial charge in [0, 0.05) is 0 Å². The van der Waals surface area contributed by atoms with E-state index in [2.05, 4.69) is 54.5 Å². The Morgan fingerprint density at radius 3 is 2.29 bits per heavy atom. The quantitative estimate of drug-likeness (QED) is 0.468. The summed E-state index contributed by atoms with van der Waals surface area (Å²) in [5, 5.41) is 21.7. The van der Waals surface area contributed by atoms with Crippen molar-refractivity contribution in [3.05, 3.63) is 11.6 Å². The Morgan fingerprint density at radius 1 is 0.968 bits per heavy atom. The van der Waals surface area contributed by atoms with Crippen LogP contribution in [0, 0.1) is 58.2 Å². The van der Waals surface area contributed by atoms with Crippen LogP contribution in [0.1, 0.15) is 99.8 Å². The van der Waals surface area contributed by atoms with E-state index in [1.165, 1.54) is 38.5 Å². The highest BCUT2D eigenvalue weighted by molar-refractivity contribution is 5.28. The second-order valence-electron chi connectivity index (χ2n) is 13.2. The van der Waals surface area contributed by atoms with Crippen LogP contribution >= 0.6 is 0 Å². The molecule has 4 rings (SSSR count). The van der Waals surface area contributed by atoms with Gasteiger partial charge in [-0.1, -0.05) is 60.1 Å². The Hall–Kier alpha value is -0.340. The van der Waals surface area contributed by atoms with Gasteiger partial charge in [-0.2, -0.15) is 0 Å². The van der Waals surface area contributed by atoms with Crippen molar-refractivity contribution in [2.75, 3.05) is 0 Å². The van der Waals surface area contributed by atoms with Crippen molar-refractivity contribution < 1.29 is 10.2 Å². The Morgan fingerprint density at radius 2 is 1.61 bits per heavy atom. The minimum absolute atomic E-state index is 0.103. The van der Waals surface area contributed by atoms with E-state index in [1.807, 2.05) is 0 Å². The van der Waals surface area contributed by atoms with Gasteiger partial charge in [-0.15, -0.1) is 0 Å². The number of fused-ring (bicyclic) bond motifs is 5. The summed E-state index contributed by atoms with van der Waals surface area (Å²) in [6, 6.07) is 0. The molecule has 3 fully saturated rings. The fourth-order valence-corrected chi connectivity index (χ4v) is 8.99. The molecule has 2 nitrogen and oxygen atoms in total. The summed E-state index contributed by atoms with van der Waals surface area (Å²) in [7, 11) is 0. The molecule has 0 aromatic rings. The second kappa shape index (κ2) is 8.46. The van der Waals surface area contributed by atoms with Gasteiger partial charge in [0.1, 0.15) is 0 Å². The highest BCUT2D eigenvalue weighted by Crippen LogP contribution is 2.67. The zero-order valence-corrected chi connectivity index (χ0v) is 21.4. The fraction of sp³-hybridized carbons (Fsp3) is 0.931. The molecule has 2 N–H and O–H groups in total. The number of hydrogen-bond acceptors (Lipinski definition) is 2. The van der Waals surface area contributed by atoms with Crippen molar-refractivity contribution >= 4 is 0 Å². The summed E-state index contributed by atoms with van der Waals surface area (Å²) >= 11 is 0. The molecule has 11 atom stereocenters. The molecule has 4 aliphatic carbocycles. The van der Waals surface area contributed by atoms with E-state index in [1.54, 1.807) is 5.57 Å². The van der Waals surface area contributed by atoms with Gasteiger partial charge in [0.25, 0.3) is 0 Å². The molecule has 3 saturated carbocycles. The molecule has 2 heteroatoms. The van der Waals surface area contributed by atoms with Crippen LogP contribution in [0.25, 0.3) is 0 Å². The first-order valence-electron chi connectivity index (χ1n) is 13.6. The lowest BCUT2D eigenvalue weighted by molar-refractivity contribution is -0.0798. The zero-order chi connectivity index (χ0) is 22.7. The summed E-state index contributed by atoms with van der Waals surface area (Å²) in [4.78, 5) is 0. The van der Waals surface area contributed by atoms with E-state index in [4.69, 9.17) is 0 Å². The average Bonchev–Trinajstić information content (AvgIpc) is 3.07. The van der Waals surface area contributed by atoms with E-state index in [0.29, 0.717) is 52.3 Å². The van der Waals surface area contributed by atoms with Crippen LogP contribution in [0.15, 0.2) is 11.6 Å².